The zero-order chi connectivity index (χ0) is 17.1. The number of aromatic nitrogens is 2. The van der Waals surface area contributed by atoms with Crippen LogP contribution in [0.4, 0.5) is 0 Å². The van der Waals surface area contributed by atoms with Crippen molar-refractivity contribution in [2.75, 3.05) is 12.9 Å². The van der Waals surface area contributed by atoms with E-state index in [2.05, 4.69) is 23.0 Å². The number of H-pyrrole nitrogens is 1. The first-order valence-electron chi connectivity index (χ1n) is 7.73. The van der Waals surface area contributed by atoms with Crippen molar-refractivity contribution in [1.82, 2.24) is 9.97 Å². The van der Waals surface area contributed by atoms with Gasteiger partial charge in [-0.05, 0) is 48.6 Å². The molecule has 124 valence electrons. The molecule has 3 aromatic rings. The number of methoxy groups -OCH3 is 1. The average molecular weight is 341 g/mol. The van der Waals surface area contributed by atoms with Crippen LogP contribution in [0.5, 0.6) is 5.75 Å². The van der Waals surface area contributed by atoms with Crippen molar-refractivity contribution in [1.29, 1.82) is 0 Å². The van der Waals surface area contributed by atoms with E-state index >= 15 is 0 Å². The number of imidazole rings is 1. The van der Waals surface area contributed by atoms with Crippen LogP contribution in [0.25, 0.3) is 22.4 Å². The number of ether oxygens (including phenoxy) is 1. The Balaban J connectivity index is 2.01. The van der Waals surface area contributed by atoms with Crippen LogP contribution in [-0.2, 0) is 0 Å². The Morgan fingerprint density at radius 2 is 2.12 bits per heavy atom. The Morgan fingerprint density at radius 3 is 2.83 bits per heavy atom. The number of nitrogens with two attached hydrogens (primary N) is 1. The van der Waals surface area contributed by atoms with Crippen LogP contribution in [0.15, 0.2) is 41.3 Å². The number of rotatable bonds is 6. The van der Waals surface area contributed by atoms with Crippen LogP contribution < -0.4 is 10.5 Å². The second-order valence-electron chi connectivity index (χ2n) is 5.39. The second kappa shape index (κ2) is 6.97. The number of carbonyl (C=O) groups is 1. The number of fused-ring (bicyclic) bond motifs is 1. The fourth-order valence-corrected chi connectivity index (χ4v) is 3.26. The van der Waals surface area contributed by atoms with Gasteiger partial charge in [0.2, 0.25) is 5.91 Å². The average Bonchev–Trinajstić information content (AvgIpc) is 3.02. The number of hydrogen-bond donors (Lipinski definition) is 2. The molecule has 3 rings (SSSR count). The van der Waals surface area contributed by atoms with Gasteiger partial charge in [-0.15, -0.1) is 11.8 Å². The van der Waals surface area contributed by atoms with Crippen LogP contribution in [0.1, 0.15) is 23.7 Å². The van der Waals surface area contributed by atoms with E-state index in [1.807, 2.05) is 18.2 Å². The van der Waals surface area contributed by atoms with Gasteiger partial charge in [-0.1, -0.05) is 6.92 Å². The summed E-state index contributed by atoms with van der Waals surface area (Å²) in [6.07, 6.45) is 1.13. The molecule has 3 N–H and O–H groups in total. The summed E-state index contributed by atoms with van der Waals surface area (Å²) in [7, 11) is 1.65. The topological polar surface area (TPSA) is 81.0 Å². The molecule has 1 aromatic heterocycles. The number of aromatic amines is 1. The van der Waals surface area contributed by atoms with Gasteiger partial charge in [0.25, 0.3) is 0 Å². The summed E-state index contributed by atoms with van der Waals surface area (Å²) in [5.74, 6) is 2.08. The smallest absolute Gasteiger partial charge is 0.248 e. The molecule has 0 saturated heterocycles. The Morgan fingerprint density at radius 1 is 1.29 bits per heavy atom. The molecule has 0 radical (unpaired) electrons. The van der Waals surface area contributed by atoms with E-state index in [1.54, 1.807) is 31.0 Å². The van der Waals surface area contributed by atoms with Gasteiger partial charge in [-0.25, -0.2) is 4.98 Å². The highest BCUT2D eigenvalue weighted by atomic mass is 32.2. The summed E-state index contributed by atoms with van der Waals surface area (Å²) in [5.41, 5.74) is 8.20. The molecule has 0 fully saturated rings. The number of thioether (sulfide) groups is 1. The molecule has 24 heavy (non-hydrogen) atoms. The van der Waals surface area contributed by atoms with E-state index in [4.69, 9.17) is 10.5 Å². The molecule has 0 aliphatic heterocycles. The maximum atomic E-state index is 11.3. The summed E-state index contributed by atoms with van der Waals surface area (Å²) < 4.78 is 5.53. The predicted octanol–water partition coefficient (Wildman–Crippen LogP) is 3.84. The molecule has 0 saturated carbocycles. The summed E-state index contributed by atoms with van der Waals surface area (Å²) in [4.78, 5) is 20.3. The Labute approximate surface area is 144 Å². The third-order valence-electron chi connectivity index (χ3n) is 3.67. The Bertz CT molecular complexity index is 889. The highest BCUT2D eigenvalue weighted by Crippen LogP contribution is 2.33. The largest absolute Gasteiger partial charge is 0.496 e. The zero-order valence-electron chi connectivity index (χ0n) is 13.6. The number of primary amides is 1. The third kappa shape index (κ3) is 3.23. The first kappa shape index (κ1) is 16.4. The summed E-state index contributed by atoms with van der Waals surface area (Å²) in [6, 6.07) is 11.3. The van der Waals surface area contributed by atoms with Crippen molar-refractivity contribution in [2.45, 2.75) is 18.2 Å². The van der Waals surface area contributed by atoms with Crippen molar-refractivity contribution in [3.63, 3.8) is 0 Å². The molecule has 1 heterocycles. The maximum absolute atomic E-state index is 11.3. The lowest BCUT2D eigenvalue weighted by molar-refractivity contribution is 0.100. The molecule has 0 spiro atoms. The zero-order valence-corrected chi connectivity index (χ0v) is 14.4. The number of hydrogen-bond acceptors (Lipinski definition) is 4. The molecular weight excluding hydrogens is 322 g/mol. The van der Waals surface area contributed by atoms with Gasteiger partial charge in [0.15, 0.2) is 0 Å². The van der Waals surface area contributed by atoms with Crippen molar-refractivity contribution in [2.24, 2.45) is 5.73 Å². The third-order valence-corrected chi connectivity index (χ3v) is 4.87. The van der Waals surface area contributed by atoms with Gasteiger partial charge in [-0.3, -0.25) is 4.79 Å². The van der Waals surface area contributed by atoms with E-state index in [1.165, 1.54) is 4.90 Å². The van der Waals surface area contributed by atoms with Crippen molar-refractivity contribution in [3.8, 4) is 17.1 Å². The monoisotopic (exact) mass is 341 g/mol. The first-order chi connectivity index (χ1) is 11.6. The van der Waals surface area contributed by atoms with E-state index in [9.17, 15) is 4.79 Å². The summed E-state index contributed by atoms with van der Waals surface area (Å²) in [6.45, 7) is 2.16. The molecule has 0 aliphatic carbocycles. The fraction of sp³-hybridized carbons (Fsp3) is 0.222. The number of benzene rings is 2. The minimum absolute atomic E-state index is 0.443. The van der Waals surface area contributed by atoms with E-state index < -0.39 is 5.91 Å². The molecule has 5 nitrogen and oxygen atoms in total. The minimum Gasteiger partial charge on any atom is -0.496 e. The van der Waals surface area contributed by atoms with Crippen LogP contribution in [0.3, 0.4) is 0 Å². The highest BCUT2D eigenvalue weighted by Gasteiger charge is 2.13. The SMILES string of the molecule is CCCSc1ccc(-c2nc3cc(C(N)=O)ccc3[nH]2)c(OC)c1. The molecule has 1 amide bonds. The van der Waals surface area contributed by atoms with Gasteiger partial charge in [0.05, 0.1) is 23.7 Å². The lowest BCUT2D eigenvalue weighted by atomic mass is 10.2. The Kier molecular flexibility index (Phi) is 4.76. The van der Waals surface area contributed by atoms with Gasteiger partial charge in [-0.2, -0.15) is 0 Å². The standard InChI is InChI=1S/C18H19N3O2S/c1-3-8-24-12-5-6-13(16(10-12)23-2)18-20-14-7-4-11(17(19)22)9-15(14)21-18/h4-7,9-10H,3,8H2,1-2H3,(H2,19,22)(H,20,21). The maximum Gasteiger partial charge on any atom is 0.248 e. The van der Waals surface area contributed by atoms with Gasteiger partial charge in [0, 0.05) is 10.5 Å². The molecule has 6 heteroatoms. The normalized spacial score (nSPS) is 10.9. The molecule has 2 aromatic carbocycles. The highest BCUT2D eigenvalue weighted by molar-refractivity contribution is 7.99. The number of carbonyl (C=O) groups excluding carboxylic acids is 1. The molecule has 0 aliphatic rings. The number of nitrogens with one attached hydrogen (secondary N) is 1. The first-order valence-corrected chi connectivity index (χ1v) is 8.71. The van der Waals surface area contributed by atoms with Crippen LogP contribution in [-0.4, -0.2) is 28.7 Å². The molecule has 0 atom stereocenters. The second-order valence-corrected chi connectivity index (χ2v) is 6.56. The van der Waals surface area contributed by atoms with Gasteiger partial charge in [0.1, 0.15) is 11.6 Å². The minimum atomic E-state index is -0.462. The molecule has 0 bridgehead atoms. The van der Waals surface area contributed by atoms with Gasteiger partial charge < -0.3 is 15.5 Å². The van der Waals surface area contributed by atoms with E-state index in [-0.39, 0.29) is 0 Å². The van der Waals surface area contributed by atoms with Crippen molar-refractivity contribution >= 4 is 28.7 Å². The summed E-state index contributed by atoms with van der Waals surface area (Å²) in [5, 5.41) is 0. The molecular formula is C18H19N3O2S. The van der Waals surface area contributed by atoms with Crippen LogP contribution >= 0.6 is 11.8 Å². The number of nitrogens with zero attached hydrogens (tertiary/aromatic N) is 1. The van der Waals surface area contributed by atoms with Crippen molar-refractivity contribution in [3.05, 3.63) is 42.0 Å². The number of amides is 1. The molecule has 0 unspecified atom stereocenters. The van der Waals surface area contributed by atoms with Crippen molar-refractivity contribution < 1.29 is 9.53 Å². The lowest BCUT2D eigenvalue weighted by Crippen LogP contribution is -2.10. The predicted molar refractivity (Wildman–Crippen MR) is 97.6 cm³/mol. The summed E-state index contributed by atoms with van der Waals surface area (Å²) >= 11 is 1.80. The fourth-order valence-electron chi connectivity index (χ4n) is 2.46. The Hall–Kier alpha value is -2.47. The van der Waals surface area contributed by atoms with Crippen LogP contribution in [0, 0.1) is 0 Å². The van der Waals surface area contributed by atoms with Crippen LogP contribution in [0.2, 0.25) is 0 Å². The van der Waals surface area contributed by atoms with E-state index in [0.717, 1.165) is 29.0 Å². The van der Waals surface area contributed by atoms with E-state index in [0.29, 0.717) is 16.9 Å². The van der Waals surface area contributed by atoms with Gasteiger partial charge >= 0.3 is 0 Å². The quantitative estimate of drug-likeness (QED) is 0.668. The lowest BCUT2D eigenvalue weighted by Gasteiger charge is -2.08.